The molecule has 1 aromatic heterocycles. The highest BCUT2D eigenvalue weighted by Gasteiger charge is 2.23. The number of thioether (sulfide) groups is 1. The fourth-order valence-electron chi connectivity index (χ4n) is 2.12. The van der Waals surface area contributed by atoms with E-state index in [2.05, 4.69) is 22.4 Å². The summed E-state index contributed by atoms with van der Waals surface area (Å²) in [5, 5.41) is 5.15. The van der Waals surface area contributed by atoms with E-state index >= 15 is 0 Å². The third-order valence-electron chi connectivity index (χ3n) is 3.02. The molecular formula is C13H13N3OS2. The lowest BCUT2D eigenvalue weighted by molar-refractivity contribution is 0.0930. The molecule has 4 nitrogen and oxygen atoms in total. The van der Waals surface area contributed by atoms with Crippen LogP contribution in [0.4, 0.5) is 5.13 Å². The largest absolute Gasteiger partial charge is 0.375 e. The van der Waals surface area contributed by atoms with Crippen LogP contribution < -0.4 is 11.1 Å². The minimum atomic E-state index is -0.153. The van der Waals surface area contributed by atoms with Gasteiger partial charge in [-0.3, -0.25) is 4.79 Å². The van der Waals surface area contributed by atoms with Crippen molar-refractivity contribution in [2.24, 2.45) is 0 Å². The monoisotopic (exact) mass is 291 g/mol. The molecule has 1 amide bonds. The van der Waals surface area contributed by atoms with Crippen molar-refractivity contribution in [1.29, 1.82) is 0 Å². The van der Waals surface area contributed by atoms with E-state index in [-0.39, 0.29) is 11.9 Å². The summed E-state index contributed by atoms with van der Waals surface area (Å²) >= 11 is 3.12. The van der Waals surface area contributed by atoms with Crippen molar-refractivity contribution in [2.45, 2.75) is 17.4 Å². The Morgan fingerprint density at radius 1 is 1.42 bits per heavy atom. The Morgan fingerprint density at radius 2 is 2.26 bits per heavy atom. The molecule has 1 aromatic carbocycles. The number of benzene rings is 1. The molecule has 0 spiro atoms. The molecule has 3 N–H and O–H groups in total. The van der Waals surface area contributed by atoms with E-state index in [1.165, 1.54) is 21.8 Å². The zero-order valence-corrected chi connectivity index (χ0v) is 11.8. The second-order valence-electron chi connectivity index (χ2n) is 4.27. The molecule has 1 aliphatic heterocycles. The second-order valence-corrected chi connectivity index (χ2v) is 6.30. The molecule has 2 heterocycles. The number of nitrogen functional groups attached to an aromatic ring is 1. The molecule has 98 valence electrons. The van der Waals surface area contributed by atoms with Crippen LogP contribution in [0.1, 0.15) is 28.5 Å². The smallest absolute Gasteiger partial charge is 0.271 e. The van der Waals surface area contributed by atoms with Crippen molar-refractivity contribution >= 4 is 34.1 Å². The van der Waals surface area contributed by atoms with Crippen LogP contribution in [0.5, 0.6) is 0 Å². The Hall–Kier alpha value is -1.53. The summed E-state index contributed by atoms with van der Waals surface area (Å²) in [5.74, 6) is 0.862. The number of hydrogen-bond acceptors (Lipinski definition) is 5. The van der Waals surface area contributed by atoms with Crippen LogP contribution in [0, 0.1) is 0 Å². The topological polar surface area (TPSA) is 68.0 Å². The SMILES string of the molecule is Nc1nc(C(=O)NC2CCSc3ccccc32)cs1. The molecule has 0 aliphatic carbocycles. The van der Waals surface area contributed by atoms with Gasteiger partial charge in [0.05, 0.1) is 6.04 Å². The highest BCUT2D eigenvalue weighted by Crippen LogP contribution is 2.35. The van der Waals surface area contributed by atoms with Gasteiger partial charge in [0.15, 0.2) is 5.13 Å². The second kappa shape index (κ2) is 5.22. The Bertz CT molecular complexity index is 611. The summed E-state index contributed by atoms with van der Waals surface area (Å²) in [6.45, 7) is 0. The number of thiazole rings is 1. The van der Waals surface area contributed by atoms with Crippen LogP contribution >= 0.6 is 23.1 Å². The first kappa shape index (κ1) is 12.5. The Labute approximate surface area is 119 Å². The van der Waals surface area contributed by atoms with Crippen LogP contribution in [0.3, 0.4) is 0 Å². The summed E-state index contributed by atoms with van der Waals surface area (Å²) in [6.07, 6.45) is 0.938. The summed E-state index contributed by atoms with van der Waals surface area (Å²) in [5.41, 5.74) is 7.14. The van der Waals surface area contributed by atoms with E-state index < -0.39 is 0 Å². The molecule has 0 fully saturated rings. The number of hydrogen-bond donors (Lipinski definition) is 2. The van der Waals surface area contributed by atoms with Gasteiger partial charge in [0.2, 0.25) is 0 Å². The first-order valence-corrected chi connectivity index (χ1v) is 7.84. The third kappa shape index (κ3) is 2.59. The number of rotatable bonds is 2. The number of nitrogens with two attached hydrogens (primary N) is 1. The lowest BCUT2D eigenvalue weighted by atomic mass is 10.0. The lowest BCUT2D eigenvalue weighted by Gasteiger charge is -2.25. The number of aromatic nitrogens is 1. The number of anilines is 1. The quantitative estimate of drug-likeness (QED) is 0.892. The summed E-state index contributed by atoms with van der Waals surface area (Å²) in [6, 6.07) is 8.26. The Balaban J connectivity index is 1.79. The number of fused-ring (bicyclic) bond motifs is 1. The number of carbonyl (C=O) groups is 1. The number of nitrogens with zero attached hydrogens (tertiary/aromatic N) is 1. The van der Waals surface area contributed by atoms with E-state index in [0.29, 0.717) is 10.8 Å². The zero-order chi connectivity index (χ0) is 13.2. The average molecular weight is 291 g/mol. The first-order valence-electron chi connectivity index (χ1n) is 5.97. The van der Waals surface area contributed by atoms with Gasteiger partial charge in [0, 0.05) is 16.0 Å². The molecular weight excluding hydrogens is 278 g/mol. The molecule has 1 aliphatic rings. The highest BCUT2D eigenvalue weighted by atomic mass is 32.2. The average Bonchev–Trinajstić information content (AvgIpc) is 2.86. The predicted octanol–water partition coefficient (Wildman–Crippen LogP) is 2.69. The minimum Gasteiger partial charge on any atom is -0.375 e. The van der Waals surface area contributed by atoms with Gasteiger partial charge in [0.25, 0.3) is 5.91 Å². The molecule has 6 heteroatoms. The van der Waals surface area contributed by atoms with Gasteiger partial charge in [-0.15, -0.1) is 23.1 Å². The molecule has 0 radical (unpaired) electrons. The highest BCUT2D eigenvalue weighted by molar-refractivity contribution is 7.99. The van der Waals surface area contributed by atoms with Crippen molar-refractivity contribution in [3.8, 4) is 0 Å². The van der Waals surface area contributed by atoms with Gasteiger partial charge in [0.1, 0.15) is 5.69 Å². The number of nitrogens with one attached hydrogen (secondary N) is 1. The van der Waals surface area contributed by atoms with Crippen molar-refractivity contribution in [2.75, 3.05) is 11.5 Å². The fourth-order valence-corrected chi connectivity index (χ4v) is 3.78. The maximum atomic E-state index is 12.1. The van der Waals surface area contributed by atoms with Crippen molar-refractivity contribution in [3.05, 3.63) is 40.9 Å². The number of amides is 1. The van der Waals surface area contributed by atoms with Crippen LogP contribution in [0.2, 0.25) is 0 Å². The maximum Gasteiger partial charge on any atom is 0.271 e. The Kier molecular flexibility index (Phi) is 3.44. The van der Waals surface area contributed by atoms with Crippen LogP contribution in [-0.4, -0.2) is 16.6 Å². The molecule has 0 saturated carbocycles. The van der Waals surface area contributed by atoms with Crippen LogP contribution in [-0.2, 0) is 0 Å². The van der Waals surface area contributed by atoms with Gasteiger partial charge in [-0.1, -0.05) is 18.2 Å². The third-order valence-corrected chi connectivity index (χ3v) is 4.81. The summed E-state index contributed by atoms with van der Waals surface area (Å²) in [7, 11) is 0. The minimum absolute atomic E-state index is 0.0628. The summed E-state index contributed by atoms with van der Waals surface area (Å²) < 4.78 is 0. The normalized spacial score (nSPS) is 17.8. The van der Waals surface area contributed by atoms with E-state index in [0.717, 1.165) is 12.2 Å². The zero-order valence-electron chi connectivity index (χ0n) is 10.1. The molecule has 0 saturated heterocycles. The number of carbonyl (C=O) groups excluding carboxylic acids is 1. The molecule has 3 rings (SSSR count). The van der Waals surface area contributed by atoms with Gasteiger partial charge < -0.3 is 11.1 Å². The Morgan fingerprint density at radius 3 is 3.05 bits per heavy atom. The molecule has 0 bridgehead atoms. The van der Waals surface area contributed by atoms with Crippen LogP contribution in [0.25, 0.3) is 0 Å². The lowest BCUT2D eigenvalue weighted by Crippen LogP contribution is -2.30. The molecule has 1 atom stereocenters. The van der Waals surface area contributed by atoms with Crippen molar-refractivity contribution < 1.29 is 4.79 Å². The van der Waals surface area contributed by atoms with Gasteiger partial charge >= 0.3 is 0 Å². The van der Waals surface area contributed by atoms with Gasteiger partial charge in [-0.25, -0.2) is 4.98 Å². The van der Waals surface area contributed by atoms with E-state index in [1.807, 2.05) is 23.9 Å². The van der Waals surface area contributed by atoms with Crippen LogP contribution in [0.15, 0.2) is 34.5 Å². The van der Waals surface area contributed by atoms with Crippen molar-refractivity contribution in [3.63, 3.8) is 0 Å². The summed E-state index contributed by atoms with van der Waals surface area (Å²) in [4.78, 5) is 17.4. The maximum absolute atomic E-state index is 12.1. The first-order chi connectivity index (χ1) is 9.24. The van der Waals surface area contributed by atoms with Gasteiger partial charge in [-0.05, 0) is 18.1 Å². The standard InChI is InChI=1S/C13H13N3OS2/c14-13-16-10(7-19-13)12(17)15-9-5-6-18-11-4-2-1-3-8(9)11/h1-4,7,9H,5-6H2,(H2,14,16)(H,15,17). The predicted molar refractivity (Wildman–Crippen MR) is 78.5 cm³/mol. The van der Waals surface area contributed by atoms with E-state index in [1.54, 1.807) is 5.38 Å². The van der Waals surface area contributed by atoms with Crippen molar-refractivity contribution in [1.82, 2.24) is 10.3 Å². The fraction of sp³-hybridized carbons (Fsp3) is 0.231. The molecule has 2 aromatic rings. The van der Waals surface area contributed by atoms with E-state index in [4.69, 9.17) is 5.73 Å². The van der Waals surface area contributed by atoms with Gasteiger partial charge in [-0.2, -0.15) is 0 Å². The van der Waals surface area contributed by atoms with E-state index in [9.17, 15) is 4.79 Å². The molecule has 1 unspecified atom stereocenters. The molecule has 19 heavy (non-hydrogen) atoms.